The fourth-order valence-electron chi connectivity index (χ4n) is 3.21. The van der Waals surface area contributed by atoms with E-state index in [2.05, 4.69) is 13.0 Å². The average molecular weight is 305 g/mol. The summed E-state index contributed by atoms with van der Waals surface area (Å²) in [5.74, 6) is -0.192. The van der Waals surface area contributed by atoms with Crippen LogP contribution in [0.4, 0.5) is 0 Å². The quantitative estimate of drug-likeness (QED) is 0.897. The molecular formula is C20H19NO2. The standard InChI is InChI=1S/C20H19NO2/c1-2-14-16(11-13-7-4-3-5-8-13)15-9-6-10-18(22)20(15)17(14)12-19(21)23/h3-11,22H,2,12H2,1H3,(H2,21,23)/b16-11-/i19+0. The van der Waals surface area contributed by atoms with Crippen LogP contribution in [0, 0.1) is 0 Å². The van der Waals surface area contributed by atoms with E-state index in [-0.39, 0.29) is 18.1 Å². The Morgan fingerprint density at radius 3 is 2.48 bits per heavy atom. The van der Waals surface area contributed by atoms with Gasteiger partial charge < -0.3 is 10.8 Å². The van der Waals surface area contributed by atoms with Gasteiger partial charge in [-0.3, -0.25) is 4.79 Å². The highest BCUT2D eigenvalue weighted by Gasteiger charge is 2.28. The van der Waals surface area contributed by atoms with E-state index in [0.717, 1.165) is 39.8 Å². The minimum atomic E-state index is -0.388. The Kier molecular flexibility index (Phi) is 4.02. The minimum Gasteiger partial charge on any atom is -0.507 e. The lowest BCUT2D eigenvalue weighted by atomic mass is 9.98. The molecule has 2 aromatic rings. The van der Waals surface area contributed by atoms with Crippen LogP contribution in [0.5, 0.6) is 5.75 Å². The molecule has 0 unspecified atom stereocenters. The van der Waals surface area contributed by atoms with Crippen LogP contribution in [0.25, 0.3) is 17.2 Å². The number of allylic oxidation sites excluding steroid dienone is 2. The smallest absolute Gasteiger partial charge is 0.221 e. The van der Waals surface area contributed by atoms with Crippen molar-refractivity contribution in [1.29, 1.82) is 0 Å². The van der Waals surface area contributed by atoms with Gasteiger partial charge in [-0.2, -0.15) is 0 Å². The average Bonchev–Trinajstić information content (AvgIpc) is 2.82. The highest BCUT2D eigenvalue weighted by Crippen LogP contribution is 2.48. The third kappa shape index (κ3) is 2.78. The van der Waals surface area contributed by atoms with E-state index < -0.39 is 0 Å². The van der Waals surface area contributed by atoms with Crippen LogP contribution in [-0.2, 0) is 4.79 Å². The number of rotatable bonds is 4. The Labute approximate surface area is 135 Å². The molecule has 3 nitrogen and oxygen atoms in total. The molecule has 0 radical (unpaired) electrons. The topological polar surface area (TPSA) is 63.3 Å². The second kappa shape index (κ2) is 6.13. The zero-order valence-electron chi connectivity index (χ0n) is 13.0. The van der Waals surface area contributed by atoms with Crippen molar-refractivity contribution in [3.05, 3.63) is 70.8 Å². The molecule has 0 spiro atoms. The summed E-state index contributed by atoms with van der Waals surface area (Å²) in [6, 6.07) is 15.5. The molecule has 0 aromatic heterocycles. The lowest BCUT2D eigenvalue weighted by Gasteiger charge is -2.06. The summed E-state index contributed by atoms with van der Waals surface area (Å²) in [4.78, 5) is 11.5. The Balaban J connectivity index is 2.24. The van der Waals surface area contributed by atoms with E-state index in [9.17, 15) is 9.90 Å². The first kappa shape index (κ1) is 15.1. The van der Waals surface area contributed by atoms with Crippen molar-refractivity contribution >= 4 is 23.1 Å². The number of nitrogens with two attached hydrogens (primary N) is 1. The van der Waals surface area contributed by atoms with Gasteiger partial charge >= 0.3 is 0 Å². The number of hydrogen-bond acceptors (Lipinski definition) is 2. The third-order valence-corrected chi connectivity index (χ3v) is 4.14. The zero-order chi connectivity index (χ0) is 16.4. The largest absolute Gasteiger partial charge is 0.507 e. The number of amides is 1. The van der Waals surface area contributed by atoms with Gasteiger partial charge in [0.2, 0.25) is 5.91 Å². The molecule has 0 bridgehead atoms. The number of hydrogen-bond donors (Lipinski definition) is 2. The van der Waals surface area contributed by atoms with Crippen molar-refractivity contribution < 1.29 is 9.90 Å². The van der Waals surface area contributed by atoms with Gasteiger partial charge in [0.1, 0.15) is 5.75 Å². The van der Waals surface area contributed by atoms with E-state index in [1.54, 1.807) is 6.07 Å². The Morgan fingerprint density at radius 2 is 1.83 bits per heavy atom. The van der Waals surface area contributed by atoms with Crippen molar-refractivity contribution in [1.82, 2.24) is 0 Å². The molecule has 0 fully saturated rings. The molecule has 2 aromatic carbocycles. The number of phenols is 1. The van der Waals surface area contributed by atoms with Crippen molar-refractivity contribution in [3.8, 4) is 5.75 Å². The first-order valence-electron chi connectivity index (χ1n) is 7.72. The maximum Gasteiger partial charge on any atom is 0.221 e. The first-order valence-corrected chi connectivity index (χ1v) is 7.72. The number of benzene rings is 2. The molecule has 1 aliphatic carbocycles. The van der Waals surface area contributed by atoms with E-state index in [1.165, 1.54) is 0 Å². The molecule has 1 aliphatic rings. The molecule has 0 aliphatic heterocycles. The second-order valence-electron chi connectivity index (χ2n) is 5.62. The normalized spacial score (nSPS) is 15.1. The van der Waals surface area contributed by atoms with Gasteiger partial charge in [-0.05, 0) is 46.4 Å². The first-order chi connectivity index (χ1) is 11.1. The molecule has 0 saturated heterocycles. The maximum atomic E-state index is 11.5. The monoisotopic (exact) mass is 305 g/mol. The predicted octanol–water partition coefficient (Wildman–Crippen LogP) is 3.99. The van der Waals surface area contributed by atoms with Crippen LogP contribution < -0.4 is 5.73 Å². The Morgan fingerprint density at radius 1 is 1.09 bits per heavy atom. The van der Waals surface area contributed by atoms with Crippen molar-refractivity contribution in [2.45, 2.75) is 19.8 Å². The van der Waals surface area contributed by atoms with E-state index in [1.807, 2.05) is 42.5 Å². The van der Waals surface area contributed by atoms with Gasteiger partial charge in [0, 0.05) is 5.56 Å². The number of fused-ring (bicyclic) bond motifs is 1. The number of aromatic hydroxyl groups is 1. The van der Waals surface area contributed by atoms with E-state index in [0.29, 0.717) is 0 Å². The third-order valence-electron chi connectivity index (χ3n) is 4.14. The number of primary amides is 1. The molecule has 3 rings (SSSR count). The molecule has 3 heteroatoms. The summed E-state index contributed by atoms with van der Waals surface area (Å²) in [5, 5.41) is 10.3. The van der Waals surface area contributed by atoms with E-state index >= 15 is 0 Å². The van der Waals surface area contributed by atoms with Gasteiger partial charge in [0.15, 0.2) is 0 Å². The second-order valence-corrected chi connectivity index (χ2v) is 5.62. The summed E-state index contributed by atoms with van der Waals surface area (Å²) in [6.45, 7) is 2.05. The van der Waals surface area contributed by atoms with Crippen LogP contribution in [0.3, 0.4) is 0 Å². The van der Waals surface area contributed by atoms with Gasteiger partial charge in [0.25, 0.3) is 0 Å². The highest BCUT2D eigenvalue weighted by molar-refractivity contribution is 6.09. The van der Waals surface area contributed by atoms with Crippen molar-refractivity contribution in [2.24, 2.45) is 5.73 Å². The lowest BCUT2D eigenvalue weighted by molar-refractivity contribution is -0.117. The number of carbonyl (C=O) groups is 1. The van der Waals surface area contributed by atoms with Crippen molar-refractivity contribution in [2.75, 3.05) is 0 Å². The van der Waals surface area contributed by atoms with Gasteiger partial charge in [-0.15, -0.1) is 0 Å². The van der Waals surface area contributed by atoms with Gasteiger partial charge in [-0.25, -0.2) is 0 Å². The summed E-state index contributed by atoms with van der Waals surface area (Å²) in [5.41, 5.74) is 11.2. The van der Waals surface area contributed by atoms with Gasteiger partial charge in [-0.1, -0.05) is 49.4 Å². The summed E-state index contributed by atoms with van der Waals surface area (Å²) in [6.07, 6.45) is 3.01. The Bertz CT molecular complexity index is 817. The van der Waals surface area contributed by atoms with E-state index in [4.69, 9.17) is 5.73 Å². The minimum absolute atomic E-state index is 0.139. The molecule has 0 saturated carbocycles. The predicted molar refractivity (Wildman–Crippen MR) is 93.4 cm³/mol. The Hall–Kier alpha value is -2.81. The summed E-state index contributed by atoms with van der Waals surface area (Å²) in [7, 11) is 0. The van der Waals surface area contributed by atoms with Crippen LogP contribution in [0.2, 0.25) is 0 Å². The van der Waals surface area contributed by atoms with Gasteiger partial charge in [0.05, 0.1) is 6.42 Å². The van der Waals surface area contributed by atoms with Crippen LogP contribution >= 0.6 is 0 Å². The maximum absolute atomic E-state index is 11.5. The zero-order valence-corrected chi connectivity index (χ0v) is 13.0. The molecule has 3 N–H and O–H groups in total. The lowest BCUT2D eigenvalue weighted by Crippen LogP contribution is -2.11. The molecule has 1 amide bonds. The SMILES string of the molecule is CCC1=C(C[12C](N)=O)c2c(O)cccc2/C1=C\c1ccccc1. The van der Waals surface area contributed by atoms with Crippen LogP contribution in [0.15, 0.2) is 54.1 Å². The molecule has 116 valence electrons. The summed E-state index contributed by atoms with van der Waals surface area (Å²) >= 11 is 0. The fraction of sp³-hybridized carbons (Fsp3) is 0.150. The molecule has 0 atom stereocenters. The number of carbonyl (C=O) groups excluding carboxylic acids is 1. The van der Waals surface area contributed by atoms with Crippen LogP contribution in [-0.4, -0.2) is 11.0 Å². The van der Waals surface area contributed by atoms with Crippen molar-refractivity contribution in [3.63, 3.8) is 0 Å². The summed E-state index contributed by atoms with van der Waals surface area (Å²) < 4.78 is 0. The number of phenolic OH excluding ortho intramolecular Hbond substituents is 1. The molecular weight excluding hydrogens is 286 g/mol. The van der Waals surface area contributed by atoms with Crippen LogP contribution in [0.1, 0.15) is 36.5 Å². The highest BCUT2D eigenvalue weighted by atomic mass is 16.3. The molecule has 23 heavy (non-hydrogen) atoms. The fourth-order valence-corrected chi connectivity index (χ4v) is 3.21. The molecule has 0 heterocycles.